The topological polar surface area (TPSA) is 192 Å². The van der Waals surface area contributed by atoms with Gasteiger partial charge in [-0.05, 0) is 58.1 Å². The Morgan fingerprint density at radius 3 is 2.50 bits per heavy atom. The average Bonchev–Trinajstić information content (AvgIpc) is 3.10. The molecule has 1 aromatic heterocycles. The second kappa shape index (κ2) is 14.9. The van der Waals surface area contributed by atoms with Gasteiger partial charge in [0.25, 0.3) is 0 Å². The predicted octanol–water partition coefficient (Wildman–Crippen LogP) is 0.704. The van der Waals surface area contributed by atoms with Crippen molar-refractivity contribution in [2.24, 2.45) is 5.92 Å². The fourth-order valence-corrected chi connectivity index (χ4v) is 6.02. The summed E-state index contributed by atoms with van der Waals surface area (Å²) < 4.78 is 20.9. The predicted molar refractivity (Wildman–Crippen MR) is 144 cm³/mol. The van der Waals surface area contributed by atoms with Gasteiger partial charge in [0, 0.05) is 13.2 Å². The molecule has 0 radical (unpaired) electrons. The highest BCUT2D eigenvalue weighted by Crippen LogP contribution is 2.31. The van der Waals surface area contributed by atoms with E-state index in [2.05, 4.69) is 5.32 Å². The Labute approximate surface area is 241 Å². The van der Waals surface area contributed by atoms with Crippen molar-refractivity contribution in [2.75, 3.05) is 19.4 Å². The molecule has 3 heterocycles. The standard InChI is InChI=1S/C25H39ClN2O11S/c1-12(26)17(21-19(31)18(30)20(32)23(39-21)40-3)27-22(33)15-7-6-14(5-4-10-29)8-9-28(15)24(34)36-11-16-13(2)37-25(35)38-16/h12,14-15,17-21,23,29-32H,4-11H2,1-3H3,(H,27,33). The minimum Gasteiger partial charge on any atom is -0.441 e. The molecule has 9 unspecified atom stereocenters. The summed E-state index contributed by atoms with van der Waals surface area (Å²) in [7, 11) is 0. The molecule has 3 rings (SSSR count). The number of thioether (sulfide) groups is 1. The summed E-state index contributed by atoms with van der Waals surface area (Å²) in [4.78, 5) is 39.5. The number of nitrogens with one attached hydrogen (secondary N) is 1. The maximum Gasteiger partial charge on any atom is 0.519 e. The highest BCUT2D eigenvalue weighted by molar-refractivity contribution is 7.99. The molecule has 0 aromatic carbocycles. The average molecular weight is 611 g/mol. The van der Waals surface area contributed by atoms with Crippen molar-refractivity contribution in [1.29, 1.82) is 0 Å². The van der Waals surface area contributed by atoms with Crippen LogP contribution in [0.1, 0.15) is 50.5 Å². The number of ether oxygens (including phenoxy) is 2. The normalized spacial score (nSPS) is 30.8. The minimum atomic E-state index is -1.53. The van der Waals surface area contributed by atoms with E-state index in [9.17, 15) is 34.8 Å². The van der Waals surface area contributed by atoms with Crippen LogP contribution in [-0.2, 0) is 20.9 Å². The molecule has 228 valence electrons. The zero-order valence-corrected chi connectivity index (χ0v) is 24.3. The number of likely N-dealkylation sites (tertiary alicyclic amines) is 1. The lowest BCUT2D eigenvalue weighted by molar-refractivity contribution is -0.205. The summed E-state index contributed by atoms with van der Waals surface area (Å²) in [5.41, 5.74) is -0.860. The largest absolute Gasteiger partial charge is 0.519 e. The molecule has 2 saturated heterocycles. The molecular formula is C25H39ClN2O11S. The molecule has 0 bridgehead atoms. The van der Waals surface area contributed by atoms with Gasteiger partial charge in [-0.2, -0.15) is 0 Å². The van der Waals surface area contributed by atoms with Gasteiger partial charge < -0.3 is 44.1 Å². The molecule has 5 N–H and O–H groups in total. The first-order valence-electron chi connectivity index (χ1n) is 13.3. The first kappa shape index (κ1) is 32.7. The second-order valence-electron chi connectivity index (χ2n) is 10.2. The van der Waals surface area contributed by atoms with E-state index >= 15 is 0 Å². The number of aliphatic hydroxyl groups is 4. The van der Waals surface area contributed by atoms with E-state index in [-0.39, 0.29) is 37.2 Å². The molecule has 1 aromatic rings. The van der Waals surface area contributed by atoms with Gasteiger partial charge in [0.2, 0.25) is 5.91 Å². The number of carbonyl (C=O) groups is 2. The number of aryl methyl sites for hydroxylation is 1. The molecule has 0 saturated carbocycles. The first-order valence-corrected chi connectivity index (χ1v) is 15.0. The second-order valence-corrected chi connectivity index (χ2v) is 11.8. The van der Waals surface area contributed by atoms with Gasteiger partial charge in [-0.15, -0.1) is 23.4 Å². The fraction of sp³-hybridized carbons (Fsp3) is 0.800. The van der Waals surface area contributed by atoms with Crippen LogP contribution in [0.2, 0.25) is 0 Å². The molecule has 13 nitrogen and oxygen atoms in total. The maximum atomic E-state index is 13.7. The Balaban J connectivity index is 1.79. The summed E-state index contributed by atoms with van der Waals surface area (Å²) >= 11 is 7.55. The lowest BCUT2D eigenvalue weighted by Crippen LogP contribution is -2.65. The lowest BCUT2D eigenvalue weighted by atomic mass is 9.92. The number of amides is 2. The number of hydrogen-bond donors (Lipinski definition) is 5. The smallest absolute Gasteiger partial charge is 0.441 e. The van der Waals surface area contributed by atoms with Gasteiger partial charge in [0.05, 0.1) is 11.4 Å². The molecule has 40 heavy (non-hydrogen) atoms. The summed E-state index contributed by atoms with van der Waals surface area (Å²) in [6.07, 6.45) is -1.84. The number of aliphatic hydroxyl groups excluding tert-OH is 4. The van der Waals surface area contributed by atoms with E-state index in [0.29, 0.717) is 25.7 Å². The zero-order valence-electron chi connectivity index (χ0n) is 22.7. The first-order chi connectivity index (χ1) is 19.0. The number of halogens is 1. The van der Waals surface area contributed by atoms with Gasteiger partial charge in [0.1, 0.15) is 35.9 Å². The van der Waals surface area contributed by atoms with E-state index in [1.54, 1.807) is 13.2 Å². The van der Waals surface area contributed by atoms with Crippen molar-refractivity contribution in [1.82, 2.24) is 10.2 Å². The highest BCUT2D eigenvalue weighted by atomic mass is 35.5. The summed E-state index contributed by atoms with van der Waals surface area (Å²) in [5.74, 6) is -1.08. The van der Waals surface area contributed by atoms with Crippen LogP contribution in [0.25, 0.3) is 0 Å². The van der Waals surface area contributed by atoms with E-state index in [4.69, 9.17) is 29.9 Å². The van der Waals surface area contributed by atoms with Gasteiger partial charge in [0.15, 0.2) is 18.1 Å². The minimum absolute atomic E-state index is 0.0397. The molecule has 0 spiro atoms. The lowest BCUT2D eigenvalue weighted by Gasteiger charge is -2.44. The van der Waals surface area contributed by atoms with E-state index in [1.165, 1.54) is 11.8 Å². The van der Waals surface area contributed by atoms with E-state index in [1.807, 2.05) is 0 Å². The summed E-state index contributed by atoms with van der Waals surface area (Å²) in [5, 5.41) is 42.6. The van der Waals surface area contributed by atoms with Crippen molar-refractivity contribution in [3.8, 4) is 0 Å². The zero-order chi connectivity index (χ0) is 29.6. The number of nitrogens with zero attached hydrogens (tertiary/aromatic N) is 1. The number of hydrogen-bond acceptors (Lipinski definition) is 12. The van der Waals surface area contributed by atoms with Gasteiger partial charge in [-0.3, -0.25) is 9.69 Å². The molecule has 15 heteroatoms. The molecule has 2 amide bonds. The number of rotatable bonds is 10. The van der Waals surface area contributed by atoms with Crippen molar-refractivity contribution in [2.45, 2.75) is 99.9 Å². The van der Waals surface area contributed by atoms with Crippen LogP contribution >= 0.6 is 23.4 Å². The Morgan fingerprint density at radius 2 is 1.90 bits per heavy atom. The van der Waals surface area contributed by atoms with Crippen molar-refractivity contribution >= 4 is 35.4 Å². The van der Waals surface area contributed by atoms with E-state index in [0.717, 1.165) is 18.2 Å². The van der Waals surface area contributed by atoms with Crippen LogP contribution in [0.5, 0.6) is 0 Å². The number of alkyl halides is 1. The van der Waals surface area contributed by atoms with Crippen LogP contribution < -0.4 is 11.1 Å². The van der Waals surface area contributed by atoms with Crippen LogP contribution in [0.4, 0.5) is 4.79 Å². The molecular weight excluding hydrogens is 572 g/mol. The fourth-order valence-electron chi connectivity index (χ4n) is 5.13. The van der Waals surface area contributed by atoms with Crippen LogP contribution in [0, 0.1) is 12.8 Å². The molecule has 2 fully saturated rings. The third-order valence-electron chi connectivity index (χ3n) is 7.47. The molecule has 2 aliphatic heterocycles. The van der Waals surface area contributed by atoms with Crippen molar-refractivity contribution in [3.63, 3.8) is 0 Å². The number of carbonyl (C=O) groups excluding carboxylic acids is 2. The highest BCUT2D eigenvalue weighted by Gasteiger charge is 2.48. The third-order valence-corrected chi connectivity index (χ3v) is 8.60. The quantitative estimate of drug-likeness (QED) is 0.233. The Hall–Kier alpha value is -1.81. The Morgan fingerprint density at radius 1 is 1.18 bits per heavy atom. The third kappa shape index (κ3) is 7.93. The van der Waals surface area contributed by atoms with Gasteiger partial charge in [-0.25, -0.2) is 9.59 Å². The Bertz CT molecular complexity index is 1030. The van der Waals surface area contributed by atoms with Crippen LogP contribution in [0.3, 0.4) is 0 Å². The molecule has 2 aliphatic rings. The molecule has 0 aliphatic carbocycles. The SMILES string of the molecule is CSC1OC(C(NC(=O)C2CCC(CCCO)CCN2C(=O)OCc2oc(=O)oc2C)C(C)Cl)C(O)C(O)C1O. The maximum absolute atomic E-state index is 13.7. The van der Waals surface area contributed by atoms with Crippen molar-refractivity contribution in [3.05, 3.63) is 22.1 Å². The summed E-state index contributed by atoms with van der Waals surface area (Å²) in [6.45, 7) is 2.96. The van der Waals surface area contributed by atoms with Gasteiger partial charge in [-0.1, -0.05) is 0 Å². The monoisotopic (exact) mass is 610 g/mol. The van der Waals surface area contributed by atoms with Crippen LogP contribution in [0.15, 0.2) is 13.6 Å². The van der Waals surface area contributed by atoms with Crippen molar-refractivity contribution < 1.29 is 48.3 Å². The Kier molecular flexibility index (Phi) is 12.2. The summed E-state index contributed by atoms with van der Waals surface area (Å²) in [6, 6.07) is -1.94. The van der Waals surface area contributed by atoms with Crippen LogP contribution in [-0.4, -0.2) is 104 Å². The van der Waals surface area contributed by atoms with E-state index < -0.39 is 65.1 Å². The van der Waals surface area contributed by atoms with Gasteiger partial charge >= 0.3 is 11.9 Å². The molecule has 9 atom stereocenters.